The summed E-state index contributed by atoms with van der Waals surface area (Å²) in [4.78, 5) is 28.3. The molecule has 0 unspecified atom stereocenters. The summed E-state index contributed by atoms with van der Waals surface area (Å²) in [6.45, 7) is 2.85. The van der Waals surface area contributed by atoms with Crippen LogP contribution in [0.25, 0.3) is 0 Å². The Kier molecular flexibility index (Phi) is 6.74. The fourth-order valence-electron chi connectivity index (χ4n) is 2.47. The number of hydrogen-bond acceptors (Lipinski definition) is 6. The number of amides is 2. The molecule has 0 atom stereocenters. The summed E-state index contributed by atoms with van der Waals surface area (Å²) in [6, 6.07) is 14.3. The summed E-state index contributed by atoms with van der Waals surface area (Å²) in [7, 11) is 0. The van der Waals surface area contributed by atoms with Gasteiger partial charge in [0.05, 0.1) is 12.3 Å². The molecule has 2 heterocycles. The van der Waals surface area contributed by atoms with Crippen LogP contribution in [0.3, 0.4) is 0 Å². The molecular weight excluding hydrogens is 376 g/mol. The van der Waals surface area contributed by atoms with Crippen molar-refractivity contribution in [2.24, 2.45) is 0 Å². The van der Waals surface area contributed by atoms with Gasteiger partial charge in [-0.05, 0) is 31.2 Å². The first-order valence-corrected chi connectivity index (χ1v) is 9.75. The maximum absolute atomic E-state index is 12.2. The third-order valence-electron chi connectivity index (χ3n) is 3.82. The van der Waals surface area contributed by atoms with Gasteiger partial charge < -0.3 is 15.2 Å². The van der Waals surface area contributed by atoms with E-state index in [9.17, 15) is 9.59 Å². The summed E-state index contributed by atoms with van der Waals surface area (Å²) in [6.07, 6.45) is 1.62. The second kappa shape index (κ2) is 9.65. The highest BCUT2D eigenvalue weighted by molar-refractivity contribution is 7.99. The molecule has 2 N–H and O–H groups in total. The van der Waals surface area contributed by atoms with E-state index in [0.717, 1.165) is 0 Å². The SMILES string of the molecule is CCn1c(CNC(=O)c2ccccc2)nnc1SCC(=O)Nc1ccccn1. The highest BCUT2D eigenvalue weighted by Gasteiger charge is 2.14. The Bertz CT molecular complexity index is 930. The van der Waals surface area contributed by atoms with Crippen LogP contribution in [0.15, 0.2) is 59.9 Å². The van der Waals surface area contributed by atoms with Gasteiger partial charge in [0.1, 0.15) is 5.82 Å². The standard InChI is InChI=1S/C19H20N6O2S/c1-2-25-16(12-21-18(27)14-8-4-3-5-9-14)23-24-19(25)28-13-17(26)22-15-10-6-7-11-20-15/h3-11H,2,12-13H2,1H3,(H,21,27)(H,20,22,26). The molecule has 0 aliphatic carbocycles. The summed E-state index contributed by atoms with van der Waals surface area (Å²) < 4.78 is 1.88. The Morgan fingerprint density at radius 3 is 2.57 bits per heavy atom. The minimum atomic E-state index is -0.173. The van der Waals surface area contributed by atoms with E-state index in [1.165, 1.54) is 11.8 Å². The van der Waals surface area contributed by atoms with Crippen LogP contribution >= 0.6 is 11.8 Å². The van der Waals surface area contributed by atoms with E-state index in [-0.39, 0.29) is 24.1 Å². The lowest BCUT2D eigenvalue weighted by Crippen LogP contribution is -2.24. The molecule has 0 fully saturated rings. The van der Waals surface area contributed by atoms with Gasteiger partial charge in [-0.25, -0.2) is 4.98 Å². The fraction of sp³-hybridized carbons (Fsp3) is 0.211. The molecule has 2 amide bonds. The van der Waals surface area contributed by atoms with Gasteiger partial charge in [0.2, 0.25) is 5.91 Å². The minimum Gasteiger partial charge on any atom is -0.345 e. The van der Waals surface area contributed by atoms with Crippen molar-refractivity contribution in [1.29, 1.82) is 0 Å². The number of nitrogens with zero attached hydrogens (tertiary/aromatic N) is 4. The molecule has 1 aromatic carbocycles. The summed E-state index contributed by atoms with van der Waals surface area (Å²) in [5.74, 6) is 0.989. The van der Waals surface area contributed by atoms with Crippen molar-refractivity contribution in [3.8, 4) is 0 Å². The number of thioether (sulfide) groups is 1. The lowest BCUT2D eigenvalue weighted by atomic mass is 10.2. The summed E-state index contributed by atoms with van der Waals surface area (Å²) >= 11 is 1.29. The number of hydrogen-bond donors (Lipinski definition) is 2. The molecule has 28 heavy (non-hydrogen) atoms. The number of rotatable bonds is 8. The molecule has 0 spiro atoms. The number of aromatic nitrogens is 4. The normalized spacial score (nSPS) is 10.5. The van der Waals surface area contributed by atoms with Crippen LogP contribution in [0.1, 0.15) is 23.1 Å². The zero-order valence-corrected chi connectivity index (χ0v) is 16.1. The Labute approximate surface area is 166 Å². The van der Waals surface area contributed by atoms with Crippen molar-refractivity contribution in [1.82, 2.24) is 25.1 Å². The lowest BCUT2D eigenvalue weighted by Gasteiger charge is -2.08. The van der Waals surface area contributed by atoms with E-state index < -0.39 is 0 Å². The largest absolute Gasteiger partial charge is 0.345 e. The molecule has 0 saturated heterocycles. The van der Waals surface area contributed by atoms with Crippen molar-refractivity contribution in [3.05, 3.63) is 66.1 Å². The molecule has 3 aromatic rings. The van der Waals surface area contributed by atoms with Crippen LogP contribution in [0.4, 0.5) is 5.82 Å². The average molecular weight is 396 g/mol. The van der Waals surface area contributed by atoms with Gasteiger partial charge in [-0.3, -0.25) is 9.59 Å². The molecule has 144 valence electrons. The highest BCUT2D eigenvalue weighted by atomic mass is 32.2. The number of carbonyl (C=O) groups excluding carboxylic acids is 2. The number of nitrogens with one attached hydrogen (secondary N) is 2. The first-order valence-electron chi connectivity index (χ1n) is 8.76. The van der Waals surface area contributed by atoms with E-state index in [1.54, 1.807) is 36.5 Å². The van der Waals surface area contributed by atoms with Crippen molar-refractivity contribution < 1.29 is 9.59 Å². The van der Waals surface area contributed by atoms with Gasteiger partial charge in [0.15, 0.2) is 11.0 Å². The minimum absolute atomic E-state index is 0.171. The zero-order chi connectivity index (χ0) is 19.8. The first kappa shape index (κ1) is 19.6. The maximum atomic E-state index is 12.2. The van der Waals surface area contributed by atoms with E-state index in [2.05, 4.69) is 25.8 Å². The highest BCUT2D eigenvalue weighted by Crippen LogP contribution is 2.17. The van der Waals surface area contributed by atoms with E-state index >= 15 is 0 Å². The van der Waals surface area contributed by atoms with Crippen LogP contribution in [0.2, 0.25) is 0 Å². The molecule has 0 aliphatic heterocycles. The van der Waals surface area contributed by atoms with Gasteiger partial charge in [0.25, 0.3) is 5.91 Å². The number of carbonyl (C=O) groups is 2. The third-order valence-corrected chi connectivity index (χ3v) is 4.78. The molecule has 0 radical (unpaired) electrons. The Balaban J connectivity index is 1.56. The molecule has 9 heteroatoms. The summed E-state index contributed by atoms with van der Waals surface area (Å²) in [5, 5.41) is 14.5. The predicted molar refractivity (Wildman–Crippen MR) is 107 cm³/mol. The van der Waals surface area contributed by atoms with Crippen molar-refractivity contribution >= 4 is 29.4 Å². The van der Waals surface area contributed by atoms with Gasteiger partial charge in [-0.15, -0.1) is 10.2 Å². The molecule has 2 aromatic heterocycles. The smallest absolute Gasteiger partial charge is 0.251 e. The van der Waals surface area contributed by atoms with Crippen LogP contribution in [0, 0.1) is 0 Å². The average Bonchev–Trinajstić information content (AvgIpc) is 3.13. The zero-order valence-electron chi connectivity index (χ0n) is 15.3. The van der Waals surface area contributed by atoms with Gasteiger partial charge in [0, 0.05) is 18.3 Å². The molecule has 0 aliphatic rings. The Hall–Kier alpha value is -3.20. The monoisotopic (exact) mass is 396 g/mol. The third kappa shape index (κ3) is 5.17. The van der Waals surface area contributed by atoms with Crippen LogP contribution in [0.5, 0.6) is 0 Å². The van der Waals surface area contributed by atoms with E-state index in [0.29, 0.717) is 28.9 Å². The van der Waals surface area contributed by atoms with Crippen LogP contribution in [-0.4, -0.2) is 37.3 Å². The van der Waals surface area contributed by atoms with Crippen LogP contribution in [-0.2, 0) is 17.9 Å². The Morgan fingerprint density at radius 1 is 1.07 bits per heavy atom. The molecule has 3 rings (SSSR count). The second-order valence-electron chi connectivity index (χ2n) is 5.74. The van der Waals surface area contributed by atoms with Crippen LogP contribution < -0.4 is 10.6 Å². The Morgan fingerprint density at radius 2 is 1.86 bits per heavy atom. The maximum Gasteiger partial charge on any atom is 0.251 e. The van der Waals surface area contributed by atoms with Crippen molar-refractivity contribution in [3.63, 3.8) is 0 Å². The van der Waals surface area contributed by atoms with E-state index in [1.807, 2.05) is 29.7 Å². The summed E-state index contributed by atoms with van der Waals surface area (Å²) in [5.41, 5.74) is 0.589. The van der Waals surface area contributed by atoms with Crippen molar-refractivity contribution in [2.45, 2.75) is 25.2 Å². The van der Waals surface area contributed by atoms with E-state index in [4.69, 9.17) is 0 Å². The first-order chi connectivity index (χ1) is 13.7. The molecular formula is C19H20N6O2S. The van der Waals surface area contributed by atoms with Gasteiger partial charge in [-0.1, -0.05) is 36.0 Å². The molecule has 8 nitrogen and oxygen atoms in total. The molecule has 0 saturated carbocycles. The number of benzene rings is 1. The quantitative estimate of drug-likeness (QED) is 0.567. The predicted octanol–water partition coefficient (Wildman–Crippen LogP) is 2.35. The molecule has 0 bridgehead atoms. The second-order valence-corrected chi connectivity index (χ2v) is 6.69. The number of anilines is 1. The lowest BCUT2D eigenvalue weighted by molar-refractivity contribution is -0.113. The number of pyridine rings is 1. The van der Waals surface area contributed by atoms with Gasteiger partial charge in [-0.2, -0.15) is 0 Å². The fourth-order valence-corrected chi connectivity index (χ4v) is 3.29. The topological polar surface area (TPSA) is 102 Å². The van der Waals surface area contributed by atoms with Gasteiger partial charge >= 0.3 is 0 Å². The van der Waals surface area contributed by atoms with Crippen molar-refractivity contribution in [2.75, 3.05) is 11.1 Å².